The second kappa shape index (κ2) is 6.77. The van der Waals surface area contributed by atoms with Gasteiger partial charge in [0.25, 0.3) is 0 Å². The molecule has 6 heteroatoms. The minimum absolute atomic E-state index is 0.603. The van der Waals surface area contributed by atoms with Crippen LogP contribution in [0.15, 0.2) is 28.2 Å². The van der Waals surface area contributed by atoms with E-state index < -0.39 is 0 Å². The molecule has 0 atom stereocenters. The van der Waals surface area contributed by atoms with Crippen molar-refractivity contribution in [2.24, 2.45) is 0 Å². The summed E-state index contributed by atoms with van der Waals surface area (Å²) in [6.07, 6.45) is 0. The maximum atomic E-state index is 5.58. The number of thiazole rings is 1. The van der Waals surface area contributed by atoms with Crippen LogP contribution in [-0.4, -0.2) is 18.2 Å². The van der Waals surface area contributed by atoms with Crippen LogP contribution in [0.25, 0.3) is 0 Å². The number of ether oxygens (including phenoxy) is 2. The molecule has 1 aromatic heterocycles. The number of benzene rings is 1. The maximum absolute atomic E-state index is 5.58. The van der Waals surface area contributed by atoms with Crippen molar-refractivity contribution < 1.29 is 9.47 Å². The van der Waals surface area contributed by atoms with Crippen LogP contribution in [-0.2, 0) is 0 Å². The third-order valence-corrected chi connectivity index (χ3v) is 3.74. The van der Waals surface area contributed by atoms with Crippen LogP contribution in [0.3, 0.4) is 0 Å². The van der Waals surface area contributed by atoms with Crippen LogP contribution in [0.2, 0.25) is 0 Å². The molecular weight excluding hydrogens is 328 g/mol. The zero-order valence-electron chi connectivity index (χ0n) is 10.8. The van der Waals surface area contributed by atoms with Gasteiger partial charge >= 0.3 is 0 Å². The van der Waals surface area contributed by atoms with Gasteiger partial charge < -0.3 is 14.8 Å². The van der Waals surface area contributed by atoms with E-state index in [4.69, 9.17) is 9.47 Å². The van der Waals surface area contributed by atoms with Crippen molar-refractivity contribution in [2.75, 3.05) is 18.5 Å². The minimum Gasteiger partial charge on any atom is -0.490 e. The molecule has 0 saturated carbocycles. The van der Waals surface area contributed by atoms with Gasteiger partial charge in [0.2, 0.25) is 0 Å². The zero-order valence-corrected chi connectivity index (χ0v) is 13.2. The van der Waals surface area contributed by atoms with Crippen LogP contribution in [0.4, 0.5) is 10.8 Å². The monoisotopic (exact) mass is 342 g/mol. The predicted molar refractivity (Wildman–Crippen MR) is 81.9 cm³/mol. The van der Waals surface area contributed by atoms with E-state index in [9.17, 15) is 0 Å². The van der Waals surface area contributed by atoms with Crippen molar-refractivity contribution in [3.8, 4) is 11.5 Å². The van der Waals surface area contributed by atoms with Crippen molar-refractivity contribution in [3.63, 3.8) is 0 Å². The number of nitrogens with one attached hydrogen (secondary N) is 1. The first-order valence-corrected chi connectivity index (χ1v) is 7.68. The molecule has 0 spiro atoms. The van der Waals surface area contributed by atoms with Crippen molar-refractivity contribution >= 4 is 38.1 Å². The molecule has 2 rings (SSSR count). The summed E-state index contributed by atoms with van der Waals surface area (Å²) in [5.74, 6) is 1.50. The first-order valence-electron chi connectivity index (χ1n) is 6.00. The Morgan fingerprint density at radius 1 is 1.21 bits per heavy atom. The number of anilines is 2. The summed E-state index contributed by atoms with van der Waals surface area (Å²) in [5.41, 5.74) is 0.925. The molecule has 0 radical (unpaired) electrons. The van der Waals surface area contributed by atoms with E-state index in [1.54, 1.807) is 0 Å². The molecule has 0 saturated heterocycles. The summed E-state index contributed by atoms with van der Waals surface area (Å²) < 4.78 is 11.9. The van der Waals surface area contributed by atoms with E-state index in [1.165, 1.54) is 11.3 Å². The predicted octanol–water partition coefficient (Wildman–Crippen LogP) is 4.45. The zero-order chi connectivity index (χ0) is 13.7. The van der Waals surface area contributed by atoms with Gasteiger partial charge in [0.1, 0.15) is 4.60 Å². The molecule has 102 valence electrons. The lowest BCUT2D eigenvalue weighted by Crippen LogP contribution is -1.99. The summed E-state index contributed by atoms with van der Waals surface area (Å²) in [4.78, 5) is 4.29. The van der Waals surface area contributed by atoms with Crippen LogP contribution < -0.4 is 14.8 Å². The number of aromatic nitrogens is 1. The van der Waals surface area contributed by atoms with Crippen molar-refractivity contribution in [2.45, 2.75) is 13.8 Å². The molecule has 0 aliphatic heterocycles. The number of hydrogen-bond acceptors (Lipinski definition) is 5. The van der Waals surface area contributed by atoms with Crippen LogP contribution in [0, 0.1) is 0 Å². The lowest BCUT2D eigenvalue weighted by Gasteiger charge is -2.12. The standard InChI is InChI=1S/C13H15BrN2O2S/c1-3-17-10-6-5-9(7-11(10)18-4-2)15-13-16-12(14)8-19-13/h5-8H,3-4H2,1-2H3,(H,15,16). The third kappa shape index (κ3) is 3.84. The average Bonchev–Trinajstić information content (AvgIpc) is 2.79. The van der Waals surface area contributed by atoms with Gasteiger partial charge in [-0.2, -0.15) is 0 Å². The van der Waals surface area contributed by atoms with Gasteiger partial charge in [-0.25, -0.2) is 4.98 Å². The van der Waals surface area contributed by atoms with E-state index in [0.717, 1.165) is 26.9 Å². The lowest BCUT2D eigenvalue weighted by molar-refractivity contribution is 0.288. The second-order valence-electron chi connectivity index (χ2n) is 3.63. The minimum atomic E-state index is 0.603. The van der Waals surface area contributed by atoms with Gasteiger partial charge in [-0.1, -0.05) is 0 Å². The van der Waals surface area contributed by atoms with E-state index in [0.29, 0.717) is 13.2 Å². The first-order chi connectivity index (χ1) is 9.22. The van der Waals surface area contributed by atoms with Gasteiger partial charge in [0, 0.05) is 17.1 Å². The average molecular weight is 343 g/mol. The smallest absolute Gasteiger partial charge is 0.188 e. The Balaban J connectivity index is 2.19. The van der Waals surface area contributed by atoms with Gasteiger partial charge in [0.05, 0.1) is 13.2 Å². The Labute approximate surface area is 124 Å². The summed E-state index contributed by atoms with van der Waals surface area (Å²) in [6, 6.07) is 5.77. The highest BCUT2D eigenvalue weighted by molar-refractivity contribution is 9.10. The van der Waals surface area contributed by atoms with Gasteiger partial charge in [-0.3, -0.25) is 0 Å². The molecule has 19 heavy (non-hydrogen) atoms. The molecule has 0 amide bonds. The highest BCUT2D eigenvalue weighted by Gasteiger charge is 2.07. The Bertz CT molecular complexity index is 545. The molecular formula is C13H15BrN2O2S. The quantitative estimate of drug-likeness (QED) is 0.842. The van der Waals surface area contributed by atoms with E-state index >= 15 is 0 Å². The van der Waals surface area contributed by atoms with Gasteiger partial charge in [0.15, 0.2) is 16.6 Å². The summed E-state index contributed by atoms with van der Waals surface area (Å²) in [5, 5.41) is 6.00. The Morgan fingerprint density at radius 3 is 2.58 bits per heavy atom. The highest BCUT2D eigenvalue weighted by Crippen LogP contribution is 2.32. The van der Waals surface area contributed by atoms with E-state index in [1.807, 2.05) is 37.4 Å². The topological polar surface area (TPSA) is 43.4 Å². The molecule has 1 heterocycles. The highest BCUT2D eigenvalue weighted by atomic mass is 79.9. The van der Waals surface area contributed by atoms with Gasteiger partial charge in [-0.05, 0) is 41.9 Å². The molecule has 0 unspecified atom stereocenters. The normalized spacial score (nSPS) is 10.3. The molecule has 2 aromatic rings. The molecule has 0 aliphatic carbocycles. The fourth-order valence-electron chi connectivity index (χ4n) is 1.56. The van der Waals surface area contributed by atoms with Crippen molar-refractivity contribution in [1.29, 1.82) is 0 Å². The summed E-state index contributed by atoms with van der Waals surface area (Å²) >= 11 is 4.87. The SMILES string of the molecule is CCOc1ccc(Nc2nc(Br)cs2)cc1OCC. The molecule has 1 N–H and O–H groups in total. The largest absolute Gasteiger partial charge is 0.490 e. The molecule has 0 fully saturated rings. The van der Waals surface area contributed by atoms with E-state index in [2.05, 4.69) is 26.2 Å². The summed E-state index contributed by atoms with van der Waals surface area (Å²) in [6.45, 7) is 5.13. The number of nitrogens with zero attached hydrogens (tertiary/aromatic N) is 1. The maximum Gasteiger partial charge on any atom is 0.188 e. The molecule has 4 nitrogen and oxygen atoms in total. The third-order valence-electron chi connectivity index (χ3n) is 2.27. The second-order valence-corrected chi connectivity index (χ2v) is 5.30. The molecule has 0 aliphatic rings. The first kappa shape index (κ1) is 14.1. The van der Waals surface area contributed by atoms with Crippen LogP contribution in [0.5, 0.6) is 11.5 Å². The lowest BCUT2D eigenvalue weighted by atomic mass is 10.2. The Morgan fingerprint density at radius 2 is 1.95 bits per heavy atom. The van der Waals surface area contributed by atoms with Crippen molar-refractivity contribution in [1.82, 2.24) is 4.98 Å². The fourth-order valence-corrected chi connectivity index (χ4v) is 2.73. The van der Waals surface area contributed by atoms with Gasteiger partial charge in [-0.15, -0.1) is 11.3 Å². The number of halogens is 1. The summed E-state index contributed by atoms with van der Waals surface area (Å²) in [7, 11) is 0. The Hall–Kier alpha value is -1.27. The number of rotatable bonds is 6. The number of hydrogen-bond donors (Lipinski definition) is 1. The fraction of sp³-hybridized carbons (Fsp3) is 0.308. The van der Waals surface area contributed by atoms with Crippen LogP contribution >= 0.6 is 27.3 Å². The van der Waals surface area contributed by atoms with E-state index in [-0.39, 0.29) is 0 Å². The van der Waals surface area contributed by atoms with Crippen molar-refractivity contribution in [3.05, 3.63) is 28.2 Å². The van der Waals surface area contributed by atoms with Crippen LogP contribution in [0.1, 0.15) is 13.8 Å². The molecule has 1 aromatic carbocycles. The molecule has 0 bridgehead atoms. The Kier molecular flexibility index (Phi) is 5.04.